The first-order chi connectivity index (χ1) is 11.8. The van der Waals surface area contributed by atoms with Crippen molar-refractivity contribution in [3.63, 3.8) is 0 Å². The Morgan fingerprint density at radius 3 is 2.54 bits per heavy atom. The van der Waals surface area contributed by atoms with E-state index in [1.165, 1.54) is 30.7 Å². The maximum Gasteiger partial charge on any atom is 0.231 e. The summed E-state index contributed by atoms with van der Waals surface area (Å²) in [6.07, 6.45) is 3.73. The summed E-state index contributed by atoms with van der Waals surface area (Å²) in [5.41, 5.74) is 9.92. The zero-order valence-electron chi connectivity index (χ0n) is 13.4. The van der Waals surface area contributed by atoms with Crippen molar-refractivity contribution in [2.24, 2.45) is 0 Å². The second-order valence-electron chi connectivity index (χ2n) is 6.62. The van der Waals surface area contributed by atoms with Crippen molar-refractivity contribution in [2.75, 3.05) is 12.5 Å². The standard InChI is InChI=1S/C19H19N3O2/c20-14-6-4-12(5-7-14)10-22-16-9-18-17(23-11-24-18)8-15(16)21-19(22)13-2-1-3-13/h4-9,13H,1-3,10-11,20H2. The summed E-state index contributed by atoms with van der Waals surface area (Å²) >= 11 is 0. The van der Waals surface area contributed by atoms with Crippen molar-refractivity contribution < 1.29 is 9.47 Å². The van der Waals surface area contributed by atoms with Crippen LogP contribution in [-0.2, 0) is 6.54 Å². The molecule has 1 saturated carbocycles. The van der Waals surface area contributed by atoms with Gasteiger partial charge in [-0.1, -0.05) is 18.6 Å². The van der Waals surface area contributed by atoms with Gasteiger partial charge < -0.3 is 19.8 Å². The first-order valence-electron chi connectivity index (χ1n) is 8.42. The summed E-state index contributed by atoms with van der Waals surface area (Å²) in [6, 6.07) is 12.1. The number of hydrogen-bond acceptors (Lipinski definition) is 4. The van der Waals surface area contributed by atoms with Crippen molar-refractivity contribution in [1.82, 2.24) is 9.55 Å². The fraction of sp³-hybridized carbons (Fsp3) is 0.316. The minimum atomic E-state index is 0.287. The molecule has 1 aliphatic carbocycles. The predicted molar refractivity (Wildman–Crippen MR) is 92.4 cm³/mol. The average Bonchev–Trinajstić information content (AvgIpc) is 3.11. The first kappa shape index (κ1) is 13.7. The number of imidazole rings is 1. The van der Waals surface area contributed by atoms with Gasteiger partial charge in [0, 0.05) is 30.3 Å². The van der Waals surface area contributed by atoms with Crippen LogP contribution in [0.1, 0.15) is 36.6 Å². The normalized spacial score (nSPS) is 16.5. The van der Waals surface area contributed by atoms with Crippen LogP contribution in [0.5, 0.6) is 11.5 Å². The van der Waals surface area contributed by atoms with Gasteiger partial charge in [0.1, 0.15) is 5.82 Å². The lowest BCUT2D eigenvalue weighted by Crippen LogP contribution is -2.16. The monoisotopic (exact) mass is 321 g/mol. The molecule has 5 rings (SSSR count). The molecule has 1 aliphatic heterocycles. The van der Waals surface area contributed by atoms with Crippen molar-refractivity contribution >= 4 is 16.7 Å². The lowest BCUT2D eigenvalue weighted by Gasteiger charge is -2.25. The number of nitrogens with zero attached hydrogens (tertiary/aromatic N) is 2. The van der Waals surface area contributed by atoms with Gasteiger partial charge in [-0.15, -0.1) is 0 Å². The molecule has 2 N–H and O–H groups in total. The molecule has 2 heterocycles. The number of benzene rings is 2. The van der Waals surface area contributed by atoms with Crippen LogP contribution in [0.2, 0.25) is 0 Å². The maximum atomic E-state index is 5.81. The van der Waals surface area contributed by atoms with E-state index in [-0.39, 0.29) is 6.79 Å². The molecule has 0 radical (unpaired) electrons. The molecular weight excluding hydrogens is 302 g/mol. The van der Waals surface area contributed by atoms with Gasteiger partial charge in [0.2, 0.25) is 6.79 Å². The van der Waals surface area contributed by atoms with Crippen molar-refractivity contribution in [2.45, 2.75) is 31.7 Å². The van der Waals surface area contributed by atoms with Crippen LogP contribution >= 0.6 is 0 Å². The fourth-order valence-electron chi connectivity index (χ4n) is 3.48. The zero-order chi connectivity index (χ0) is 16.1. The van der Waals surface area contributed by atoms with Gasteiger partial charge in [0.25, 0.3) is 0 Å². The molecule has 2 aromatic carbocycles. The molecule has 3 aromatic rings. The van der Waals surface area contributed by atoms with Gasteiger partial charge in [-0.2, -0.15) is 0 Å². The molecule has 5 nitrogen and oxygen atoms in total. The number of anilines is 1. The Bertz CT molecular complexity index is 911. The largest absolute Gasteiger partial charge is 0.454 e. The molecule has 5 heteroatoms. The molecular formula is C19H19N3O2. The van der Waals surface area contributed by atoms with E-state index in [0.29, 0.717) is 5.92 Å². The summed E-state index contributed by atoms with van der Waals surface area (Å²) in [6.45, 7) is 1.08. The number of hydrogen-bond donors (Lipinski definition) is 1. The quantitative estimate of drug-likeness (QED) is 0.748. The summed E-state index contributed by atoms with van der Waals surface area (Å²) in [7, 11) is 0. The molecule has 24 heavy (non-hydrogen) atoms. The Balaban J connectivity index is 1.64. The van der Waals surface area contributed by atoms with E-state index in [1.807, 2.05) is 18.2 Å². The average molecular weight is 321 g/mol. The number of nitrogen functional groups attached to an aromatic ring is 1. The summed E-state index contributed by atoms with van der Waals surface area (Å²) in [4.78, 5) is 4.93. The topological polar surface area (TPSA) is 62.3 Å². The van der Waals surface area contributed by atoms with Crippen LogP contribution in [0.25, 0.3) is 11.0 Å². The Morgan fingerprint density at radius 1 is 1.08 bits per heavy atom. The van der Waals surface area contributed by atoms with Crippen LogP contribution in [0.15, 0.2) is 36.4 Å². The molecule has 122 valence electrons. The Labute approximate surface area is 140 Å². The molecule has 2 aliphatic rings. The highest BCUT2D eigenvalue weighted by Crippen LogP contribution is 2.41. The van der Waals surface area contributed by atoms with Crippen LogP contribution in [0.4, 0.5) is 5.69 Å². The molecule has 0 amide bonds. The lowest BCUT2D eigenvalue weighted by atomic mass is 9.85. The molecule has 0 saturated heterocycles. The number of aromatic nitrogens is 2. The summed E-state index contributed by atoms with van der Waals surface area (Å²) in [5, 5.41) is 0. The SMILES string of the molecule is Nc1ccc(Cn2c(C3CCC3)nc3cc4c(cc32)OCO4)cc1. The van der Waals surface area contributed by atoms with E-state index in [2.05, 4.69) is 22.8 Å². The molecule has 1 fully saturated rings. The molecule has 0 bridgehead atoms. The van der Waals surface area contributed by atoms with E-state index >= 15 is 0 Å². The minimum Gasteiger partial charge on any atom is -0.454 e. The first-order valence-corrected chi connectivity index (χ1v) is 8.42. The van der Waals surface area contributed by atoms with Crippen LogP contribution in [0.3, 0.4) is 0 Å². The molecule has 0 unspecified atom stereocenters. The zero-order valence-corrected chi connectivity index (χ0v) is 13.4. The Morgan fingerprint density at radius 2 is 1.83 bits per heavy atom. The van der Waals surface area contributed by atoms with Crippen molar-refractivity contribution in [3.8, 4) is 11.5 Å². The van der Waals surface area contributed by atoms with Gasteiger partial charge in [0.15, 0.2) is 11.5 Å². The number of ether oxygens (including phenoxy) is 2. The Kier molecular flexibility index (Phi) is 2.95. The molecule has 1 aromatic heterocycles. The highest BCUT2D eigenvalue weighted by Gasteiger charge is 2.27. The molecule has 0 atom stereocenters. The van der Waals surface area contributed by atoms with E-state index in [4.69, 9.17) is 20.2 Å². The van der Waals surface area contributed by atoms with Gasteiger partial charge in [-0.3, -0.25) is 0 Å². The summed E-state index contributed by atoms with van der Waals surface area (Å²) < 4.78 is 13.4. The van der Waals surface area contributed by atoms with E-state index in [9.17, 15) is 0 Å². The maximum absolute atomic E-state index is 5.81. The number of rotatable bonds is 3. The van der Waals surface area contributed by atoms with Crippen LogP contribution in [0, 0.1) is 0 Å². The van der Waals surface area contributed by atoms with E-state index < -0.39 is 0 Å². The third-order valence-corrected chi connectivity index (χ3v) is 5.06. The third kappa shape index (κ3) is 2.12. The molecule has 0 spiro atoms. The van der Waals surface area contributed by atoms with Gasteiger partial charge in [-0.05, 0) is 30.5 Å². The number of nitrogens with two attached hydrogens (primary N) is 1. The third-order valence-electron chi connectivity index (χ3n) is 5.06. The van der Waals surface area contributed by atoms with Crippen molar-refractivity contribution in [1.29, 1.82) is 0 Å². The highest BCUT2D eigenvalue weighted by atomic mass is 16.7. The second-order valence-corrected chi connectivity index (χ2v) is 6.62. The van der Waals surface area contributed by atoms with Crippen LogP contribution in [-0.4, -0.2) is 16.3 Å². The van der Waals surface area contributed by atoms with Gasteiger partial charge in [-0.25, -0.2) is 4.98 Å². The highest BCUT2D eigenvalue weighted by molar-refractivity contribution is 5.81. The lowest BCUT2D eigenvalue weighted by molar-refractivity contribution is 0.174. The van der Waals surface area contributed by atoms with E-state index in [1.54, 1.807) is 0 Å². The Hall–Kier alpha value is -2.69. The fourth-order valence-corrected chi connectivity index (χ4v) is 3.48. The van der Waals surface area contributed by atoms with Gasteiger partial charge >= 0.3 is 0 Å². The summed E-state index contributed by atoms with van der Waals surface area (Å²) in [5.74, 6) is 3.33. The smallest absolute Gasteiger partial charge is 0.231 e. The second kappa shape index (κ2) is 5.16. The predicted octanol–water partition coefficient (Wildman–Crippen LogP) is 3.66. The van der Waals surface area contributed by atoms with Crippen LogP contribution < -0.4 is 15.2 Å². The minimum absolute atomic E-state index is 0.287. The van der Waals surface area contributed by atoms with Crippen molar-refractivity contribution in [3.05, 3.63) is 47.8 Å². The van der Waals surface area contributed by atoms with Gasteiger partial charge in [0.05, 0.1) is 11.0 Å². The number of fused-ring (bicyclic) bond motifs is 2. The van der Waals surface area contributed by atoms with E-state index in [0.717, 1.165) is 34.8 Å².